The molecule has 0 heterocycles. The van der Waals surface area contributed by atoms with Gasteiger partial charge < -0.3 is 9.47 Å². The Morgan fingerprint density at radius 2 is 1.43 bits per heavy atom. The number of carbonyl (C=O) groups excluding carboxylic acids is 2. The Bertz CT molecular complexity index is 321. The van der Waals surface area contributed by atoms with E-state index in [0.29, 0.717) is 19.1 Å². The molecule has 0 saturated heterocycles. The molecule has 0 aromatic carbocycles. The first-order valence-corrected chi connectivity index (χ1v) is 9.53. The molecule has 0 radical (unpaired) electrons. The van der Waals surface area contributed by atoms with Crippen molar-refractivity contribution in [3.63, 3.8) is 0 Å². The molecule has 1 aliphatic carbocycles. The topological polar surface area (TPSA) is 52.6 Å². The lowest BCUT2D eigenvalue weighted by Crippen LogP contribution is -2.14. The molecule has 0 amide bonds. The highest BCUT2D eigenvalue weighted by Gasteiger charge is 2.14. The van der Waals surface area contributed by atoms with E-state index in [0.717, 1.165) is 19.3 Å². The monoisotopic (exact) mass is 326 g/mol. The Morgan fingerprint density at radius 3 is 2.09 bits per heavy atom. The molecule has 4 heteroatoms. The maximum Gasteiger partial charge on any atom is 0.306 e. The number of carbonyl (C=O) groups is 2. The zero-order valence-electron chi connectivity index (χ0n) is 14.8. The summed E-state index contributed by atoms with van der Waals surface area (Å²) in [6, 6.07) is 0. The van der Waals surface area contributed by atoms with Gasteiger partial charge in [0, 0.05) is 0 Å². The second-order valence-electron chi connectivity index (χ2n) is 6.65. The summed E-state index contributed by atoms with van der Waals surface area (Å²) in [5.74, 6) is 0.152. The number of hydrogen-bond donors (Lipinski definition) is 0. The quantitative estimate of drug-likeness (QED) is 0.382. The molecule has 4 nitrogen and oxygen atoms in total. The Balaban J connectivity index is 1.92. The summed E-state index contributed by atoms with van der Waals surface area (Å²) >= 11 is 0. The van der Waals surface area contributed by atoms with Gasteiger partial charge >= 0.3 is 11.9 Å². The van der Waals surface area contributed by atoms with Crippen LogP contribution in [0.4, 0.5) is 0 Å². The first-order chi connectivity index (χ1) is 11.2. The fourth-order valence-electron chi connectivity index (χ4n) is 3.06. The van der Waals surface area contributed by atoms with Crippen molar-refractivity contribution in [3.05, 3.63) is 0 Å². The second-order valence-corrected chi connectivity index (χ2v) is 6.65. The number of hydrogen-bond acceptors (Lipinski definition) is 4. The van der Waals surface area contributed by atoms with Gasteiger partial charge in [0.25, 0.3) is 0 Å². The molecule has 23 heavy (non-hydrogen) atoms. The van der Waals surface area contributed by atoms with Gasteiger partial charge in [0.15, 0.2) is 0 Å². The van der Waals surface area contributed by atoms with Crippen LogP contribution in [0.1, 0.15) is 90.4 Å². The maximum absolute atomic E-state index is 11.6. The number of rotatable bonds is 12. The van der Waals surface area contributed by atoms with Crippen molar-refractivity contribution in [2.45, 2.75) is 90.4 Å². The molecule has 0 aromatic rings. The van der Waals surface area contributed by atoms with E-state index >= 15 is 0 Å². The van der Waals surface area contributed by atoms with E-state index in [1.807, 2.05) is 0 Å². The number of ether oxygens (including phenoxy) is 2. The van der Waals surface area contributed by atoms with Crippen molar-refractivity contribution in [2.24, 2.45) is 5.92 Å². The molecular weight excluding hydrogens is 292 g/mol. The summed E-state index contributed by atoms with van der Waals surface area (Å²) in [5.41, 5.74) is 0. The van der Waals surface area contributed by atoms with E-state index in [4.69, 9.17) is 9.47 Å². The Hall–Kier alpha value is -1.06. The molecule has 0 aromatic heterocycles. The Kier molecular flexibility index (Phi) is 11.6. The van der Waals surface area contributed by atoms with Gasteiger partial charge in [0.1, 0.15) is 0 Å². The van der Waals surface area contributed by atoms with Crippen molar-refractivity contribution in [2.75, 3.05) is 13.2 Å². The molecule has 1 rings (SSSR count). The predicted octanol–water partition coefficient (Wildman–Crippen LogP) is 4.79. The average Bonchev–Trinajstić information content (AvgIpc) is 2.57. The zero-order chi connectivity index (χ0) is 16.8. The van der Waals surface area contributed by atoms with Crippen molar-refractivity contribution in [1.29, 1.82) is 0 Å². The van der Waals surface area contributed by atoms with E-state index in [-0.39, 0.29) is 24.8 Å². The van der Waals surface area contributed by atoms with E-state index in [9.17, 15) is 9.59 Å². The van der Waals surface area contributed by atoms with Crippen LogP contribution in [0.15, 0.2) is 0 Å². The first-order valence-electron chi connectivity index (χ1n) is 9.53. The standard InChI is InChI=1S/C19H34O4/c1-2-3-4-5-9-15-22-18(20)12-13-19(21)23-16-14-17-10-7-6-8-11-17/h17H,2-16H2,1H3. The van der Waals surface area contributed by atoms with E-state index in [1.54, 1.807) is 0 Å². The van der Waals surface area contributed by atoms with Crippen molar-refractivity contribution in [1.82, 2.24) is 0 Å². The normalized spacial score (nSPS) is 15.3. The summed E-state index contributed by atoms with van der Waals surface area (Å²) in [5, 5.41) is 0. The van der Waals surface area contributed by atoms with E-state index in [2.05, 4.69) is 6.92 Å². The van der Waals surface area contributed by atoms with Crippen LogP contribution in [0.5, 0.6) is 0 Å². The highest BCUT2D eigenvalue weighted by Crippen LogP contribution is 2.26. The van der Waals surface area contributed by atoms with Gasteiger partial charge in [-0.3, -0.25) is 9.59 Å². The Morgan fingerprint density at radius 1 is 0.826 bits per heavy atom. The van der Waals surface area contributed by atoms with Gasteiger partial charge in [-0.15, -0.1) is 0 Å². The van der Waals surface area contributed by atoms with Crippen LogP contribution < -0.4 is 0 Å². The molecular formula is C19H34O4. The molecule has 0 atom stereocenters. The van der Waals surface area contributed by atoms with Crippen molar-refractivity contribution in [3.8, 4) is 0 Å². The minimum Gasteiger partial charge on any atom is -0.466 e. The van der Waals surface area contributed by atoms with E-state index in [1.165, 1.54) is 51.4 Å². The summed E-state index contributed by atoms with van der Waals surface area (Å²) < 4.78 is 10.3. The lowest BCUT2D eigenvalue weighted by Gasteiger charge is -2.21. The molecule has 0 unspecified atom stereocenters. The van der Waals surface area contributed by atoms with Crippen molar-refractivity contribution >= 4 is 11.9 Å². The van der Waals surface area contributed by atoms with Crippen LogP contribution in [0.3, 0.4) is 0 Å². The van der Waals surface area contributed by atoms with E-state index < -0.39 is 0 Å². The highest BCUT2D eigenvalue weighted by atomic mass is 16.5. The second kappa shape index (κ2) is 13.4. The van der Waals surface area contributed by atoms with Crippen LogP contribution >= 0.6 is 0 Å². The molecule has 1 fully saturated rings. The summed E-state index contributed by atoms with van der Waals surface area (Å²) in [7, 11) is 0. The molecule has 1 aliphatic rings. The third-order valence-electron chi connectivity index (χ3n) is 4.56. The molecule has 0 bridgehead atoms. The molecule has 0 spiro atoms. The molecule has 0 N–H and O–H groups in total. The third-order valence-corrected chi connectivity index (χ3v) is 4.56. The van der Waals surface area contributed by atoms with Crippen LogP contribution in [0.2, 0.25) is 0 Å². The van der Waals surface area contributed by atoms with Crippen LogP contribution in [-0.2, 0) is 19.1 Å². The van der Waals surface area contributed by atoms with Gasteiger partial charge in [0.05, 0.1) is 26.1 Å². The largest absolute Gasteiger partial charge is 0.466 e. The molecule has 134 valence electrons. The summed E-state index contributed by atoms with van der Waals surface area (Å²) in [6.45, 7) is 3.14. The van der Waals surface area contributed by atoms with Crippen LogP contribution in [0, 0.1) is 5.92 Å². The maximum atomic E-state index is 11.6. The molecule has 0 aliphatic heterocycles. The fourth-order valence-corrected chi connectivity index (χ4v) is 3.06. The SMILES string of the molecule is CCCCCCCOC(=O)CCC(=O)OCCC1CCCCC1. The lowest BCUT2D eigenvalue weighted by atomic mass is 9.87. The summed E-state index contributed by atoms with van der Waals surface area (Å²) in [4.78, 5) is 23.1. The highest BCUT2D eigenvalue weighted by molar-refractivity contribution is 5.77. The third kappa shape index (κ3) is 11.2. The van der Waals surface area contributed by atoms with Gasteiger partial charge in [-0.25, -0.2) is 0 Å². The van der Waals surface area contributed by atoms with Crippen LogP contribution in [-0.4, -0.2) is 25.2 Å². The van der Waals surface area contributed by atoms with Gasteiger partial charge in [-0.05, 0) is 18.8 Å². The summed E-state index contributed by atoms with van der Waals surface area (Å²) in [6.07, 6.45) is 13.4. The van der Waals surface area contributed by atoms with Gasteiger partial charge in [0.2, 0.25) is 0 Å². The number of esters is 2. The molecule has 1 saturated carbocycles. The number of unbranched alkanes of at least 4 members (excludes halogenated alkanes) is 4. The zero-order valence-corrected chi connectivity index (χ0v) is 14.8. The fraction of sp³-hybridized carbons (Fsp3) is 0.895. The predicted molar refractivity (Wildman–Crippen MR) is 91.1 cm³/mol. The van der Waals surface area contributed by atoms with Gasteiger partial charge in [-0.2, -0.15) is 0 Å². The average molecular weight is 326 g/mol. The lowest BCUT2D eigenvalue weighted by molar-refractivity contribution is -0.150. The Labute approximate surface area is 141 Å². The minimum absolute atomic E-state index is 0.136. The van der Waals surface area contributed by atoms with Crippen LogP contribution in [0.25, 0.3) is 0 Å². The first kappa shape index (κ1) is 20.0. The van der Waals surface area contributed by atoms with Gasteiger partial charge in [-0.1, -0.05) is 64.7 Å². The minimum atomic E-state index is -0.287. The smallest absolute Gasteiger partial charge is 0.306 e. The van der Waals surface area contributed by atoms with Crippen molar-refractivity contribution < 1.29 is 19.1 Å².